The van der Waals surface area contributed by atoms with Gasteiger partial charge in [0, 0.05) is 51.9 Å². The Morgan fingerprint density at radius 3 is 2.80 bits per heavy atom. The van der Waals surface area contributed by atoms with E-state index in [4.69, 9.17) is 4.74 Å². The van der Waals surface area contributed by atoms with Crippen molar-refractivity contribution in [3.63, 3.8) is 0 Å². The molecule has 0 aromatic carbocycles. The Labute approximate surface area is 147 Å². The van der Waals surface area contributed by atoms with Crippen LogP contribution in [0.25, 0.3) is 0 Å². The monoisotopic (exact) mass is 347 g/mol. The summed E-state index contributed by atoms with van der Waals surface area (Å²) in [6.45, 7) is 4.97. The lowest BCUT2D eigenvalue weighted by Crippen LogP contribution is -2.52. The maximum Gasteiger partial charge on any atom is 0.239 e. The summed E-state index contributed by atoms with van der Waals surface area (Å²) < 4.78 is 5.26. The number of piperazine rings is 1. The zero-order valence-electron chi connectivity index (χ0n) is 14.3. The minimum absolute atomic E-state index is 0.0776. The fourth-order valence-electron chi connectivity index (χ4n) is 3.03. The van der Waals surface area contributed by atoms with Crippen molar-refractivity contribution in [2.45, 2.75) is 12.5 Å². The number of amides is 2. The Balaban J connectivity index is 1.36. The third-order valence-corrected chi connectivity index (χ3v) is 4.48. The highest BCUT2D eigenvalue weighted by Gasteiger charge is 2.23. The molecule has 2 saturated heterocycles. The fourth-order valence-corrected chi connectivity index (χ4v) is 3.03. The van der Waals surface area contributed by atoms with Gasteiger partial charge in [0.15, 0.2) is 0 Å². The van der Waals surface area contributed by atoms with Gasteiger partial charge >= 0.3 is 0 Å². The molecule has 1 atom stereocenters. The molecule has 1 aromatic rings. The molecule has 0 saturated carbocycles. The average Bonchev–Trinajstić information content (AvgIpc) is 2.69. The molecular weight excluding hydrogens is 322 g/mol. The van der Waals surface area contributed by atoms with Crippen molar-refractivity contribution in [3.8, 4) is 0 Å². The first-order chi connectivity index (χ1) is 12.2. The average molecular weight is 347 g/mol. The first kappa shape index (κ1) is 17.6. The van der Waals surface area contributed by atoms with E-state index in [0.717, 1.165) is 18.9 Å². The molecule has 2 amide bonds. The normalized spacial score (nSPS) is 21.0. The van der Waals surface area contributed by atoms with Crippen LogP contribution in [0.15, 0.2) is 24.4 Å². The molecular formula is C17H25N5O3. The number of carbonyl (C=O) groups excluding carboxylic acids is 2. The molecule has 1 aromatic heterocycles. The summed E-state index contributed by atoms with van der Waals surface area (Å²) in [5.74, 6) is 0.922. The summed E-state index contributed by atoms with van der Waals surface area (Å²) in [6.07, 6.45) is 2.10. The first-order valence-corrected chi connectivity index (χ1v) is 8.76. The van der Waals surface area contributed by atoms with Crippen molar-refractivity contribution >= 4 is 17.6 Å². The van der Waals surface area contributed by atoms with E-state index in [9.17, 15) is 9.59 Å². The van der Waals surface area contributed by atoms with Gasteiger partial charge in [0.05, 0.1) is 13.2 Å². The van der Waals surface area contributed by atoms with Crippen molar-refractivity contribution in [3.05, 3.63) is 24.4 Å². The minimum atomic E-state index is -0.314. The summed E-state index contributed by atoms with van der Waals surface area (Å²) in [6, 6.07) is 5.53. The predicted octanol–water partition coefficient (Wildman–Crippen LogP) is -0.775. The van der Waals surface area contributed by atoms with Crippen LogP contribution in [0.4, 0.5) is 5.82 Å². The van der Waals surface area contributed by atoms with Gasteiger partial charge in [0.1, 0.15) is 11.9 Å². The topological polar surface area (TPSA) is 86.8 Å². The number of rotatable bonds is 5. The molecule has 0 aliphatic carbocycles. The molecule has 8 heteroatoms. The number of pyridine rings is 1. The van der Waals surface area contributed by atoms with E-state index < -0.39 is 0 Å². The second kappa shape index (κ2) is 8.77. The number of anilines is 1. The van der Waals surface area contributed by atoms with Gasteiger partial charge in [-0.05, 0) is 12.1 Å². The van der Waals surface area contributed by atoms with Gasteiger partial charge in [-0.15, -0.1) is 0 Å². The SMILES string of the molecule is O=C(NCCC(=O)N1CCN(c2ccccn2)CC1)C1COCCN1. The molecule has 0 radical (unpaired) electrons. The molecule has 2 fully saturated rings. The predicted molar refractivity (Wildman–Crippen MR) is 93.3 cm³/mol. The molecule has 1 unspecified atom stereocenters. The van der Waals surface area contributed by atoms with Gasteiger partial charge in [-0.3, -0.25) is 9.59 Å². The maximum atomic E-state index is 12.3. The maximum absolute atomic E-state index is 12.3. The van der Waals surface area contributed by atoms with Crippen molar-refractivity contribution in [1.29, 1.82) is 0 Å². The Bertz CT molecular complexity index is 569. The van der Waals surface area contributed by atoms with Crippen molar-refractivity contribution in [2.75, 3.05) is 57.4 Å². The number of hydrogen-bond donors (Lipinski definition) is 2. The van der Waals surface area contributed by atoms with Crippen LogP contribution >= 0.6 is 0 Å². The van der Waals surface area contributed by atoms with Crippen LogP contribution in [-0.4, -0.2) is 80.2 Å². The number of aromatic nitrogens is 1. The molecule has 8 nitrogen and oxygen atoms in total. The van der Waals surface area contributed by atoms with Gasteiger partial charge in [0.2, 0.25) is 11.8 Å². The third kappa shape index (κ3) is 4.90. The highest BCUT2D eigenvalue weighted by Crippen LogP contribution is 2.12. The van der Waals surface area contributed by atoms with E-state index in [0.29, 0.717) is 45.8 Å². The van der Waals surface area contributed by atoms with Crippen LogP contribution in [0, 0.1) is 0 Å². The number of nitrogens with zero attached hydrogens (tertiary/aromatic N) is 3. The smallest absolute Gasteiger partial charge is 0.239 e. The number of nitrogens with one attached hydrogen (secondary N) is 2. The molecule has 2 aliphatic heterocycles. The second-order valence-corrected chi connectivity index (χ2v) is 6.18. The highest BCUT2D eigenvalue weighted by molar-refractivity contribution is 5.83. The Kier molecular flexibility index (Phi) is 6.19. The van der Waals surface area contributed by atoms with Crippen LogP contribution in [0.2, 0.25) is 0 Å². The molecule has 2 aliphatic rings. The first-order valence-electron chi connectivity index (χ1n) is 8.76. The lowest BCUT2D eigenvalue weighted by molar-refractivity contribution is -0.131. The third-order valence-electron chi connectivity index (χ3n) is 4.48. The summed E-state index contributed by atoms with van der Waals surface area (Å²) in [5, 5.41) is 5.90. The van der Waals surface area contributed by atoms with E-state index in [1.54, 1.807) is 6.20 Å². The van der Waals surface area contributed by atoms with E-state index in [2.05, 4.69) is 20.5 Å². The molecule has 3 rings (SSSR count). The van der Waals surface area contributed by atoms with Gasteiger partial charge in [-0.25, -0.2) is 4.98 Å². The van der Waals surface area contributed by atoms with Gasteiger partial charge < -0.3 is 25.2 Å². The van der Waals surface area contributed by atoms with Gasteiger partial charge in [-0.2, -0.15) is 0 Å². The zero-order chi connectivity index (χ0) is 17.5. The van der Waals surface area contributed by atoms with E-state index >= 15 is 0 Å². The number of ether oxygens (including phenoxy) is 1. The van der Waals surface area contributed by atoms with Crippen LogP contribution < -0.4 is 15.5 Å². The largest absolute Gasteiger partial charge is 0.378 e. The minimum Gasteiger partial charge on any atom is -0.378 e. The molecule has 0 bridgehead atoms. The summed E-state index contributed by atoms with van der Waals surface area (Å²) in [7, 11) is 0. The standard InChI is InChI=1S/C17H25N5O3/c23-16(4-6-20-17(24)14-13-25-12-7-18-14)22-10-8-21(9-11-22)15-3-1-2-5-19-15/h1-3,5,14,18H,4,6-13H2,(H,20,24). The second-order valence-electron chi connectivity index (χ2n) is 6.18. The van der Waals surface area contributed by atoms with Crippen LogP contribution in [-0.2, 0) is 14.3 Å². The van der Waals surface area contributed by atoms with Crippen LogP contribution in [0.5, 0.6) is 0 Å². The van der Waals surface area contributed by atoms with E-state index in [-0.39, 0.29) is 17.9 Å². The lowest BCUT2D eigenvalue weighted by atomic mass is 10.2. The quantitative estimate of drug-likeness (QED) is 0.727. The molecule has 25 heavy (non-hydrogen) atoms. The molecule has 0 spiro atoms. The van der Waals surface area contributed by atoms with E-state index in [1.165, 1.54) is 0 Å². The Morgan fingerprint density at radius 1 is 1.28 bits per heavy atom. The fraction of sp³-hybridized carbons (Fsp3) is 0.588. The summed E-state index contributed by atoms with van der Waals surface area (Å²) in [4.78, 5) is 32.6. The number of carbonyl (C=O) groups is 2. The Hall–Kier alpha value is -2.19. The highest BCUT2D eigenvalue weighted by atomic mass is 16.5. The van der Waals surface area contributed by atoms with Crippen LogP contribution in [0.1, 0.15) is 6.42 Å². The molecule has 3 heterocycles. The van der Waals surface area contributed by atoms with Crippen LogP contribution in [0.3, 0.4) is 0 Å². The lowest BCUT2D eigenvalue weighted by Gasteiger charge is -2.35. The van der Waals surface area contributed by atoms with E-state index in [1.807, 2.05) is 23.1 Å². The number of morpholine rings is 1. The van der Waals surface area contributed by atoms with Crippen molar-refractivity contribution in [2.24, 2.45) is 0 Å². The Morgan fingerprint density at radius 2 is 2.12 bits per heavy atom. The van der Waals surface area contributed by atoms with Gasteiger partial charge in [-0.1, -0.05) is 6.07 Å². The summed E-state index contributed by atoms with van der Waals surface area (Å²) >= 11 is 0. The van der Waals surface area contributed by atoms with Crippen molar-refractivity contribution in [1.82, 2.24) is 20.5 Å². The number of hydrogen-bond acceptors (Lipinski definition) is 6. The summed E-state index contributed by atoms with van der Waals surface area (Å²) in [5.41, 5.74) is 0. The van der Waals surface area contributed by atoms with Gasteiger partial charge in [0.25, 0.3) is 0 Å². The van der Waals surface area contributed by atoms with Crippen molar-refractivity contribution < 1.29 is 14.3 Å². The molecule has 136 valence electrons. The molecule has 2 N–H and O–H groups in total. The zero-order valence-corrected chi connectivity index (χ0v) is 14.3.